The predicted octanol–water partition coefficient (Wildman–Crippen LogP) is 1.47. The van der Waals surface area contributed by atoms with E-state index in [2.05, 4.69) is 0 Å². The van der Waals surface area contributed by atoms with Crippen LogP contribution in [0.3, 0.4) is 0 Å². The fraction of sp³-hybridized carbons (Fsp3) is 0.500. The van der Waals surface area contributed by atoms with E-state index in [4.69, 9.17) is 5.11 Å². The zero-order valence-corrected chi connectivity index (χ0v) is 7.43. The molecule has 2 N–H and O–H groups in total. The number of hydrogen-bond donors (Lipinski definition) is 2. The molecule has 1 rings (SSSR count). The molecule has 0 bridgehead atoms. The molecular formula is C8H12O2S. The fourth-order valence-electron chi connectivity index (χ4n) is 0.897. The van der Waals surface area contributed by atoms with Crippen LogP contribution in [-0.2, 0) is 0 Å². The zero-order chi connectivity index (χ0) is 8.43. The van der Waals surface area contributed by atoms with Crippen LogP contribution in [0.5, 0.6) is 0 Å². The molecule has 1 aromatic rings. The molecule has 0 aliphatic rings. The third-order valence-corrected chi connectivity index (χ3v) is 2.43. The monoisotopic (exact) mass is 172 g/mol. The van der Waals surface area contributed by atoms with E-state index in [-0.39, 0.29) is 0 Å². The first kappa shape index (κ1) is 8.71. The molecule has 11 heavy (non-hydrogen) atoms. The van der Waals surface area contributed by atoms with Gasteiger partial charge in [0.15, 0.2) is 0 Å². The van der Waals surface area contributed by atoms with Gasteiger partial charge in [-0.2, -0.15) is 0 Å². The lowest BCUT2D eigenvalue weighted by Crippen LogP contribution is -2.12. The van der Waals surface area contributed by atoms with Crippen molar-refractivity contribution in [1.82, 2.24) is 0 Å². The van der Waals surface area contributed by atoms with Crippen molar-refractivity contribution in [1.29, 1.82) is 0 Å². The molecule has 0 aromatic carbocycles. The smallest absolute Gasteiger partial charge is 0.105 e. The summed E-state index contributed by atoms with van der Waals surface area (Å²) in [6.45, 7) is 3.56. The Labute approximate surface area is 70.1 Å². The molecule has 62 valence electrons. The third kappa shape index (κ3) is 2.02. The maximum absolute atomic E-state index is 9.37. The van der Waals surface area contributed by atoms with Crippen LogP contribution >= 0.6 is 11.3 Å². The van der Waals surface area contributed by atoms with E-state index in [1.807, 2.05) is 18.4 Å². The first-order chi connectivity index (χ1) is 5.11. The fourth-order valence-corrected chi connectivity index (χ4v) is 1.63. The summed E-state index contributed by atoms with van der Waals surface area (Å²) in [4.78, 5) is 1.15. The highest BCUT2D eigenvalue weighted by atomic mass is 32.1. The van der Waals surface area contributed by atoms with Gasteiger partial charge >= 0.3 is 0 Å². The summed E-state index contributed by atoms with van der Waals surface area (Å²) in [5.41, 5.74) is 0.808. The summed E-state index contributed by atoms with van der Waals surface area (Å²) in [7, 11) is 0. The van der Waals surface area contributed by atoms with Gasteiger partial charge in [0.05, 0.1) is 6.10 Å². The van der Waals surface area contributed by atoms with E-state index < -0.39 is 12.2 Å². The molecule has 0 fully saturated rings. The van der Waals surface area contributed by atoms with Crippen molar-refractivity contribution in [3.05, 3.63) is 21.9 Å². The molecule has 1 aromatic heterocycles. The molecule has 1 heterocycles. The van der Waals surface area contributed by atoms with Gasteiger partial charge < -0.3 is 10.2 Å². The van der Waals surface area contributed by atoms with Gasteiger partial charge in [-0.1, -0.05) is 0 Å². The first-order valence-electron chi connectivity index (χ1n) is 3.52. The predicted molar refractivity (Wildman–Crippen MR) is 45.7 cm³/mol. The van der Waals surface area contributed by atoms with Crippen molar-refractivity contribution < 1.29 is 10.2 Å². The first-order valence-corrected chi connectivity index (χ1v) is 4.40. The SMILES string of the molecule is Cc1cc(C(O)C(C)O)cs1. The van der Waals surface area contributed by atoms with Crippen molar-refractivity contribution in [2.45, 2.75) is 26.1 Å². The second-order valence-electron chi connectivity index (χ2n) is 2.68. The average Bonchev–Trinajstić information content (AvgIpc) is 2.34. The highest BCUT2D eigenvalue weighted by Gasteiger charge is 2.13. The number of aliphatic hydroxyl groups excluding tert-OH is 2. The minimum atomic E-state index is -0.736. The largest absolute Gasteiger partial charge is 0.390 e. The Balaban J connectivity index is 2.76. The number of thiophene rings is 1. The van der Waals surface area contributed by atoms with E-state index in [0.717, 1.165) is 10.4 Å². The maximum atomic E-state index is 9.37. The van der Waals surface area contributed by atoms with Crippen molar-refractivity contribution in [2.75, 3.05) is 0 Å². The minimum Gasteiger partial charge on any atom is -0.390 e. The molecule has 2 atom stereocenters. The van der Waals surface area contributed by atoms with Gasteiger partial charge in [0.2, 0.25) is 0 Å². The Bertz CT molecular complexity index is 230. The van der Waals surface area contributed by atoms with Crippen molar-refractivity contribution >= 4 is 11.3 Å². The Morgan fingerprint density at radius 3 is 2.45 bits per heavy atom. The van der Waals surface area contributed by atoms with E-state index in [9.17, 15) is 5.11 Å². The van der Waals surface area contributed by atoms with Gasteiger partial charge in [-0.3, -0.25) is 0 Å². The van der Waals surface area contributed by atoms with Crippen LogP contribution in [-0.4, -0.2) is 16.3 Å². The second-order valence-corrected chi connectivity index (χ2v) is 3.79. The summed E-state index contributed by atoms with van der Waals surface area (Å²) in [6.07, 6.45) is -1.43. The number of rotatable bonds is 2. The van der Waals surface area contributed by atoms with Crippen LogP contribution in [0.4, 0.5) is 0 Å². The van der Waals surface area contributed by atoms with Crippen LogP contribution in [0, 0.1) is 6.92 Å². The molecule has 0 saturated carbocycles. The lowest BCUT2D eigenvalue weighted by molar-refractivity contribution is 0.0308. The number of hydrogen-bond acceptors (Lipinski definition) is 3. The van der Waals surface area contributed by atoms with Gasteiger partial charge in [0.25, 0.3) is 0 Å². The average molecular weight is 172 g/mol. The van der Waals surface area contributed by atoms with E-state index in [1.54, 1.807) is 18.3 Å². The quantitative estimate of drug-likeness (QED) is 0.709. The summed E-state index contributed by atoms with van der Waals surface area (Å²) in [6, 6.07) is 1.89. The summed E-state index contributed by atoms with van der Waals surface area (Å²) in [5, 5.41) is 20.3. The van der Waals surface area contributed by atoms with Crippen LogP contribution < -0.4 is 0 Å². The van der Waals surface area contributed by atoms with Gasteiger partial charge in [0, 0.05) is 4.88 Å². The second kappa shape index (κ2) is 3.34. The molecule has 0 amide bonds. The Kier molecular flexibility index (Phi) is 2.65. The van der Waals surface area contributed by atoms with Gasteiger partial charge in [-0.05, 0) is 30.9 Å². The Hall–Kier alpha value is -0.380. The molecule has 0 aliphatic carbocycles. The van der Waals surface area contributed by atoms with E-state index in [0.29, 0.717) is 0 Å². The van der Waals surface area contributed by atoms with Gasteiger partial charge in [-0.15, -0.1) is 11.3 Å². The van der Waals surface area contributed by atoms with Crippen LogP contribution in [0.1, 0.15) is 23.5 Å². The normalized spacial score (nSPS) is 16.4. The van der Waals surface area contributed by atoms with Crippen molar-refractivity contribution in [2.24, 2.45) is 0 Å². The topological polar surface area (TPSA) is 40.5 Å². The minimum absolute atomic E-state index is 0.691. The molecular weight excluding hydrogens is 160 g/mol. The summed E-state index contributed by atoms with van der Waals surface area (Å²) < 4.78 is 0. The molecule has 0 aliphatic heterocycles. The van der Waals surface area contributed by atoms with E-state index >= 15 is 0 Å². The van der Waals surface area contributed by atoms with Crippen LogP contribution in [0.25, 0.3) is 0 Å². The van der Waals surface area contributed by atoms with Crippen molar-refractivity contribution in [3.8, 4) is 0 Å². The van der Waals surface area contributed by atoms with Gasteiger partial charge in [0.1, 0.15) is 6.10 Å². The lowest BCUT2D eigenvalue weighted by Gasteiger charge is -2.10. The molecule has 0 spiro atoms. The maximum Gasteiger partial charge on any atom is 0.105 e. The third-order valence-electron chi connectivity index (χ3n) is 1.55. The standard InChI is InChI=1S/C8H12O2S/c1-5-3-7(4-11-5)8(10)6(2)9/h3-4,6,8-10H,1-2H3. The van der Waals surface area contributed by atoms with Crippen LogP contribution in [0.2, 0.25) is 0 Å². The molecule has 0 saturated heterocycles. The molecule has 0 radical (unpaired) electrons. The van der Waals surface area contributed by atoms with Gasteiger partial charge in [-0.25, -0.2) is 0 Å². The summed E-state index contributed by atoms with van der Waals surface area (Å²) in [5.74, 6) is 0. The van der Waals surface area contributed by atoms with Crippen LogP contribution in [0.15, 0.2) is 11.4 Å². The lowest BCUT2D eigenvalue weighted by atomic mass is 10.1. The van der Waals surface area contributed by atoms with Crippen molar-refractivity contribution in [3.63, 3.8) is 0 Å². The Morgan fingerprint density at radius 1 is 1.45 bits per heavy atom. The Morgan fingerprint density at radius 2 is 2.09 bits per heavy atom. The number of aryl methyl sites for hydroxylation is 1. The molecule has 2 unspecified atom stereocenters. The highest BCUT2D eigenvalue weighted by Crippen LogP contribution is 2.22. The van der Waals surface area contributed by atoms with E-state index in [1.165, 1.54) is 0 Å². The molecule has 3 heteroatoms. The molecule has 2 nitrogen and oxygen atoms in total. The summed E-state index contributed by atoms with van der Waals surface area (Å²) >= 11 is 1.58. The zero-order valence-electron chi connectivity index (χ0n) is 6.61. The highest BCUT2D eigenvalue weighted by molar-refractivity contribution is 7.10. The number of aliphatic hydroxyl groups is 2.